The Kier molecular flexibility index (Phi) is 4.68. The van der Waals surface area contributed by atoms with Gasteiger partial charge in [-0.05, 0) is 37.1 Å². The minimum Gasteiger partial charge on any atom is -0.497 e. The third-order valence-electron chi connectivity index (χ3n) is 3.88. The summed E-state index contributed by atoms with van der Waals surface area (Å²) in [6, 6.07) is 6.83. The molecule has 0 spiro atoms. The summed E-state index contributed by atoms with van der Waals surface area (Å²) >= 11 is 0. The summed E-state index contributed by atoms with van der Waals surface area (Å²) in [5, 5.41) is 0. The van der Waals surface area contributed by atoms with Crippen LogP contribution in [0.25, 0.3) is 0 Å². The molecule has 1 saturated heterocycles. The van der Waals surface area contributed by atoms with Gasteiger partial charge < -0.3 is 9.47 Å². The van der Waals surface area contributed by atoms with Crippen LogP contribution in [0.4, 0.5) is 0 Å². The molecule has 1 fully saturated rings. The van der Waals surface area contributed by atoms with Crippen LogP contribution < -0.4 is 9.47 Å². The Morgan fingerprint density at radius 3 is 2.54 bits per heavy atom. The fourth-order valence-electron chi connectivity index (χ4n) is 2.77. The second-order valence-electron chi connectivity index (χ2n) is 5.59. The third kappa shape index (κ3) is 3.65. The largest absolute Gasteiger partial charge is 0.497 e. The standard InChI is InChI=1S/C16H19N3O4S/c1-22-12-5-7-13(8-6-12)23-16-11-17-10-14(18-16)15-4-3-9-19(15)24(2,20)21/h5-8,10-11,15H,3-4,9H2,1-2H3/t15-/m1/s1. The van der Waals surface area contributed by atoms with Crippen molar-refractivity contribution in [2.75, 3.05) is 19.9 Å². The number of benzene rings is 1. The summed E-state index contributed by atoms with van der Waals surface area (Å²) in [4.78, 5) is 8.58. The number of hydrogen-bond acceptors (Lipinski definition) is 6. The fraction of sp³-hybridized carbons (Fsp3) is 0.375. The van der Waals surface area contributed by atoms with Crippen LogP contribution in [0.5, 0.6) is 17.4 Å². The van der Waals surface area contributed by atoms with E-state index in [1.165, 1.54) is 16.8 Å². The number of sulfonamides is 1. The summed E-state index contributed by atoms with van der Waals surface area (Å²) in [6.45, 7) is 0.509. The molecule has 0 unspecified atom stereocenters. The topological polar surface area (TPSA) is 81.6 Å². The van der Waals surface area contributed by atoms with E-state index in [-0.39, 0.29) is 6.04 Å². The van der Waals surface area contributed by atoms with Gasteiger partial charge in [-0.25, -0.2) is 13.4 Å². The van der Waals surface area contributed by atoms with E-state index in [4.69, 9.17) is 9.47 Å². The molecule has 3 rings (SSSR count). The average molecular weight is 349 g/mol. The first-order valence-electron chi connectivity index (χ1n) is 7.58. The Bertz CT molecular complexity index is 808. The van der Waals surface area contributed by atoms with Gasteiger partial charge in [0.1, 0.15) is 11.5 Å². The zero-order valence-corrected chi connectivity index (χ0v) is 14.4. The lowest BCUT2D eigenvalue weighted by Gasteiger charge is -2.21. The maximum absolute atomic E-state index is 11.9. The van der Waals surface area contributed by atoms with Gasteiger partial charge in [-0.3, -0.25) is 4.98 Å². The van der Waals surface area contributed by atoms with Gasteiger partial charge in [0.15, 0.2) is 0 Å². The summed E-state index contributed by atoms with van der Waals surface area (Å²) < 4.78 is 36.0. The van der Waals surface area contributed by atoms with E-state index < -0.39 is 10.0 Å². The maximum atomic E-state index is 11.9. The highest BCUT2D eigenvalue weighted by atomic mass is 32.2. The van der Waals surface area contributed by atoms with Crippen molar-refractivity contribution < 1.29 is 17.9 Å². The van der Waals surface area contributed by atoms with Crippen molar-refractivity contribution in [3.63, 3.8) is 0 Å². The summed E-state index contributed by atoms with van der Waals surface area (Å²) in [5.41, 5.74) is 0.601. The Labute approximate surface area is 141 Å². The smallest absolute Gasteiger partial charge is 0.238 e. The second-order valence-corrected chi connectivity index (χ2v) is 7.53. The molecular formula is C16H19N3O4S. The SMILES string of the molecule is COc1ccc(Oc2cncc([C@H]3CCCN3S(C)(=O)=O)n2)cc1. The van der Waals surface area contributed by atoms with Crippen molar-refractivity contribution in [2.45, 2.75) is 18.9 Å². The molecule has 2 aromatic rings. The lowest BCUT2D eigenvalue weighted by Crippen LogP contribution is -2.30. The van der Waals surface area contributed by atoms with Gasteiger partial charge in [-0.15, -0.1) is 0 Å². The van der Waals surface area contributed by atoms with Gasteiger partial charge in [0.2, 0.25) is 15.9 Å². The van der Waals surface area contributed by atoms with E-state index in [9.17, 15) is 8.42 Å². The Morgan fingerprint density at radius 1 is 1.17 bits per heavy atom. The van der Waals surface area contributed by atoms with Crippen LogP contribution in [0.1, 0.15) is 24.6 Å². The van der Waals surface area contributed by atoms with Crippen LogP contribution in [0.15, 0.2) is 36.7 Å². The fourth-order valence-corrected chi connectivity index (χ4v) is 3.91. The zero-order valence-electron chi connectivity index (χ0n) is 13.5. The van der Waals surface area contributed by atoms with Crippen LogP contribution in [-0.2, 0) is 10.0 Å². The Morgan fingerprint density at radius 2 is 1.88 bits per heavy atom. The van der Waals surface area contributed by atoms with Crippen molar-refractivity contribution in [1.29, 1.82) is 0 Å². The van der Waals surface area contributed by atoms with Gasteiger partial charge in [0.05, 0.1) is 37.5 Å². The summed E-state index contributed by atoms with van der Waals surface area (Å²) in [7, 11) is -1.67. The minimum atomic E-state index is -3.27. The maximum Gasteiger partial charge on any atom is 0.238 e. The quantitative estimate of drug-likeness (QED) is 0.824. The van der Waals surface area contributed by atoms with Gasteiger partial charge in [-0.1, -0.05) is 0 Å². The first-order chi connectivity index (χ1) is 11.5. The monoisotopic (exact) mass is 349 g/mol. The van der Waals surface area contributed by atoms with Crippen molar-refractivity contribution in [3.05, 3.63) is 42.4 Å². The molecule has 24 heavy (non-hydrogen) atoms. The zero-order chi connectivity index (χ0) is 17.2. The van der Waals surface area contributed by atoms with Crippen molar-refractivity contribution in [3.8, 4) is 17.4 Å². The predicted molar refractivity (Wildman–Crippen MR) is 88.6 cm³/mol. The van der Waals surface area contributed by atoms with Crippen LogP contribution >= 0.6 is 0 Å². The number of methoxy groups -OCH3 is 1. The van der Waals surface area contributed by atoms with Crippen LogP contribution in [0, 0.1) is 0 Å². The highest BCUT2D eigenvalue weighted by Crippen LogP contribution is 2.33. The number of nitrogens with zero attached hydrogens (tertiary/aromatic N) is 3. The van der Waals surface area contributed by atoms with Crippen LogP contribution in [0.2, 0.25) is 0 Å². The number of rotatable bonds is 5. The van der Waals surface area contributed by atoms with Gasteiger partial charge in [0.25, 0.3) is 0 Å². The highest BCUT2D eigenvalue weighted by Gasteiger charge is 2.33. The van der Waals surface area contributed by atoms with E-state index in [2.05, 4.69) is 9.97 Å². The Balaban J connectivity index is 1.81. The first-order valence-corrected chi connectivity index (χ1v) is 9.43. The lowest BCUT2D eigenvalue weighted by atomic mass is 10.2. The van der Waals surface area contributed by atoms with Crippen LogP contribution in [-0.4, -0.2) is 42.6 Å². The molecule has 0 saturated carbocycles. The molecule has 1 aliphatic heterocycles. The number of ether oxygens (including phenoxy) is 2. The minimum absolute atomic E-state index is 0.285. The van der Waals surface area contributed by atoms with Crippen molar-refractivity contribution in [2.24, 2.45) is 0 Å². The molecule has 0 radical (unpaired) electrons. The molecule has 0 aliphatic carbocycles. The van der Waals surface area contributed by atoms with E-state index in [0.29, 0.717) is 23.9 Å². The highest BCUT2D eigenvalue weighted by molar-refractivity contribution is 7.88. The summed E-state index contributed by atoms with van der Waals surface area (Å²) in [6.07, 6.45) is 5.86. The second kappa shape index (κ2) is 6.74. The number of aromatic nitrogens is 2. The van der Waals surface area contributed by atoms with Crippen LogP contribution in [0.3, 0.4) is 0 Å². The van der Waals surface area contributed by atoms with E-state index >= 15 is 0 Å². The first kappa shape index (κ1) is 16.7. The third-order valence-corrected chi connectivity index (χ3v) is 5.17. The van der Waals surface area contributed by atoms with Gasteiger partial charge in [0, 0.05) is 6.54 Å². The molecule has 1 atom stereocenters. The lowest BCUT2D eigenvalue weighted by molar-refractivity contribution is 0.385. The van der Waals surface area contributed by atoms with Crippen molar-refractivity contribution in [1.82, 2.24) is 14.3 Å². The summed E-state index contributed by atoms with van der Waals surface area (Å²) in [5.74, 6) is 1.67. The Hall–Kier alpha value is -2.19. The molecule has 7 nitrogen and oxygen atoms in total. The molecule has 0 N–H and O–H groups in total. The molecular weight excluding hydrogens is 330 g/mol. The van der Waals surface area contributed by atoms with Crippen molar-refractivity contribution >= 4 is 10.0 Å². The van der Waals surface area contributed by atoms with E-state index in [1.54, 1.807) is 37.6 Å². The molecule has 0 amide bonds. The van der Waals surface area contributed by atoms with E-state index in [1.807, 2.05) is 0 Å². The molecule has 1 aliphatic rings. The molecule has 0 bridgehead atoms. The molecule has 1 aromatic carbocycles. The predicted octanol–water partition coefficient (Wildman–Crippen LogP) is 2.37. The average Bonchev–Trinajstić information content (AvgIpc) is 3.06. The van der Waals surface area contributed by atoms with Gasteiger partial charge in [-0.2, -0.15) is 4.31 Å². The normalized spacial score (nSPS) is 18.5. The molecule has 1 aromatic heterocycles. The number of hydrogen-bond donors (Lipinski definition) is 0. The van der Waals surface area contributed by atoms with E-state index in [0.717, 1.165) is 18.6 Å². The molecule has 2 heterocycles. The molecule has 128 valence electrons. The molecule has 8 heteroatoms. The van der Waals surface area contributed by atoms with Gasteiger partial charge >= 0.3 is 0 Å².